The van der Waals surface area contributed by atoms with E-state index in [-0.39, 0.29) is 5.82 Å². The van der Waals surface area contributed by atoms with Crippen LogP contribution in [0.25, 0.3) is 11.0 Å². The van der Waals surface area contributed by atoms with Gasteiger partial charge in [-0.15, -0.1) is 0 Å². The summed E-state index contributed by atoms with van der Waals surface area (Å²) in [6.07, 6.45) is 0. The van der Waals surface area contributed by atoms with Gasteiger partial charge in [-0.25, -0.2) is 4.39 Å². The van der Waals surface area contributed by atoms with E-state index in [2.05, 4.69) is 4.98 Å². The van der Waals surface area contributed by atoms with Crippen LogP contribution in [0.5, 0.6) is 0 Å². The van der Waals surface area contributed by atoms with Gasteiger partial charge in [0.1, 0.15) is 5.82 Å². The molecule has 3 aromatic rings. The molecule has 108 valence electrons. The maximum atomic E-state index is 13.7. The summed E-state index contributed by atoms with van der Waals surface area (Å²) in [4.78, 5) is 3.16. The maximum Gasteiger partial charge on any atom is 0.178 e. The lowest BCUT2D eigenvalue weighted by atomic mass is 10.1. The van der Waals surface area contributed by atoms with Crippen LogP contribution < -0.4 is 0 Å². The van der Waals surface area contributed by atoms with Gasteiger partial charge in [-0.2, -0.15) is 0 Å². The molecule has 0 bridgehead atoms. The summed E-state index contributed by atoms with van der Waals surface area (Å²) in [5.41, 5.74) is 4.21. The van der Waals surface area contributed by atoms with Crippen LogP contribution in [0.3, 0.4) is 0 Å². The number of rotatable bonds is 2. The highest BCUT2D eigenvalue weighted by Gasteiger charge is 2.09. The molecule has 0 saturated heterocycles. The van der Waals surface area contributed by atoms with Gasteiger partial charge >= 0.3 is 0 Å². The molecule has 0 aliphatic heterocycles. The number of hydrogen-bond donors (Lipinski definition) is 1. The van der Waals surface area contributed by atoms with Crippen LogP contribution in [0.4, 0.5) is 4.39 Å². The van der Waals surface area contributed by atoms with Crippen LogP contribution >= 0.6 is 23.8 Å². The third kappa shape index (κ3) is 2.61. The molecule has 0 fully saturated rings. The van der Waals surface area contributed by atoms with Gasteiger partial charge in [-0.3, -0.25) is 0 Å². The first-order chi connectivity index (χ1) is 9.95. The summed E-state index contributed by atoms with van der Waals surface area (Å²) in [6.45, 7) is 4.13. The molecule has 0 atom stereocenters. The topological polar surface area (TPSA) is 20.7 Å². The first-order valence-corrected chi connectivity index (χ1v) is 7.38. The van der Waals surface area contributed by atoms with Crippen molar-refractivity contribution in [1.82, 2.24) is 9.55 Å². The number of aryl methyl sites for hydroxylation is 2. The summed E-state index contributed by atoms with van der Waals surface area (Å²) < 4.78 is 16.3. The highest BCUT2D eigenvalue weighted by Crippen LogP contribution is 2.22. The van der Waals surface area contributed by atoms with Gasteiger partial charge in [-0.1, -0.05) is 23.7 Å². The third-order valence-corrected chi connectivity index (χ3v) is 4.13. The van der Waals surface area contributed by atoms with Gasteiger partial charge in [-0.05, 0) is 61.0 Å². The number of nitrogens with zero attached hydrogens (tertiary/aromatic N) is 1. The van der Waals surface area contributed by atoms with Crippen molar-refractivity contribution in [2.75, 3.05) is 0 Å². The lowest BCUT2D eigenvalue weighted by molar-refractivity contribution is 0.607. The second-order valence-corrected chi connectivity index (χ2v) is 6.04. The molecule has 2 aromatic carbocycles. The maximum absolute atomic E-state index is 13.7. The van der Waals surface area contributed by atoms with Gasteiger partial charge in [0, 0.05) is 5.02 Å². The van der Waals surface area contributed by atoms with E-state index >= 15 is 0 Å². The Kier molecular flexibility index (Phi) is 3.59. The number of nitrogens with one attached hydrogen (secondary N) is 1. The molecule has 0 aliphatic rings. The molecule has 2 nitrogen and oxygen atoms in total. The third-order valence-electron chi connectivity index (χ3n) is 3.57. The summed E-state index contributed by atoms with van der Waals surface area (Å²) in [7, 11) is 0. The molecule has 3 rings (SSSR count). The summed E-state index contributed by atoms with van der Waals surface area (Å²) in [5, 5.41) is 0.664. The number of halogens is 2. The average molecular weight is 321 g/mol. The van der Waals surface area contributed by atoms with E-state index in [9.17, 15) is 4.39 Å². The number of benzene rings is 2. The SMILES string of the molecule is Cc1cc(Cn2c(=S)[nH]c3ccc(Cl)cc32)cc(C)c1F. The van der Waals surface area contributed by atoms with Crippen LogP contribution in [0.1, 0.15) is 16.7 Å². The van der Waals surface area contributed by atoms with Crippen LogP contribution in [0.15, 0.2) is 30.3 Å². The Labute approximate surface area is 132 Å². The van der Waals surface area contributed by atoms with Crippen molar-refractivity contribution in [3.05, 3.63) is 62.6 Å². The van der Waals surface area contributed by atoms with Crippen molar-refractivity contribution < 1.29 is 4.39 Å². The van der Waals surface area contributed by atoms with Crippen molar-refractivity contribution in [2.45, 2.75) is 20.4 Å². The van der Waals surface area contributed by atoms with E-state index in [1.54, 1.807) is 13.8 Å². The average Bonchev–Trinajstić information content (AvgIpc) is 2.72. The molecule has 0 spiro atoms. The molecule has 0 amide bonds. The van der Waals surface area contributed by atoms with E-state index in [1.165, 1.54) is 0 Å². The minimum absolute atomic E-state index is 0.149. The molecule has 1 N–H and O–H groups in total. The Hall–Kier alpha value is -1.65. The summed E-state index contributed by atoms with van der Waals surface area (Å²) in [6, 6.07) is 9.32. The Bertz CT molecular complexity index is 872. The zero-order valence-electron chi connectivity index (χ0n) is 11.7. The van der Waals surface area contributed by atoms with Crippen molar-refractivity contribution in [3.63, 3.8) is 0 Å². The smallest absolute Gasteiger partial charge is 0.178 e. The van der Waals surface area contributed by atoms with Crippen molar-refractivity contribution in [1.29, 1.82) is 0 Å². The predicted molar refractivity (Wildman–Crippen MR) is 87.1 cm³/mol. The van der Waals surface area contributed by atoms with Crippen molar-refractivity contribution in [3.8, 4) is 0 Å². The Balaban J connectivity index is 2.12. The number of fused-ring (bicyclic) bond motifs is 1. The molecule has 21 heavy (non-hydrogen) atoms. The molecule has 0 radical (unpaired) electrons. The number of aromatic nitrogens is 2. The van der Waals surface area contributed by atoms with Crippen LogP contribution in [-0.4, -0.2) is 9.55 Å². The minimum atomic E-state index is -0.149. The van der Waals surface area contributed by atoms with Crippen LogP contribution in [0.2, 0.25) is 5.02 Å². The monoisotopic (exact) mass is 320 g/mol. The molecule has 1 aromatic heterocycles. The number of hydrogen-bond acceptors (Lipinski definition) is 1. The largest absolute Gasteiger partial charge is 0.331 e. The van der Waals surface area contributed by atoms with Gasteiger partial charge in [0.25, 0.3) is 0 Å². The minimum Gasteiger partial charge on any atom is -0.331 e. The lowest BCUT2D eigenvalue weighted by Crippen LogP contribution is -2.02. The molecular weight excluding hydrogens is 307 g/mol. The van der Waals surface area contributed by atoms with Gasteiger partial charge in [0.2, 0.25) is 0 Å². The number of imidazole rings is 1. The van der Waals surface area contributed by atoms with E-state index in [1.807, 2.05) is 34.9 Å². The van der Waals surface area contributed by atoms with Crippen LogP contribution in [0, 0.1) is 24.4 Å². The van der Waals surface area contributed by atoms with Crippen molar-refractivity contribution >= 4 is 34.9 Å². The molecule has 1 heterocycles. The first kappa shape index (κ1) is 14.3. The van der Waals surface area contributed by atoms with Gasteiger partial charge in [0.15, 0.2) is 4.77 Å². The van der Waals surface area contributed by atoms with Crippen molar-refractivity contribution in [2.24, 2.45) is 0 Å². The predicted octanol–water partition coefficient (Wildman–Crippen LogP) is 5.16. The number of H-pyrrole nitrogens is 1. The molecule has 5 heteroatoms. The van der Waals surface area contributed by atoms with E-state index in [0.717, 1.165) is 16.6 Å². The molecule has 0 saturated carbocycles. The Morgan fingerprint density at radius 2 is 1.86 bits per heavy atom. The van der Waals surface area contributed by atoms with E-state index < -0.39 is 0 Å². The Morgan fingerprint density at radius 1 is 1.19 bits per heavy atom. The lowest BCUT2D eigenvalue weighted by Gasteiger charge is -2.09. The quantitative estimate of drug-likeness (QED) is 0.647. The number of aromatic amines is 1. The second kappa shape index (κ2) is 5.28. The van der Waals surface area contributed by atoms with E-state index in [4.69, 9.17) is 23.8 Å². The summed E-state index contributed by atoms with van der Waals surface area (Å²) >= 11 is 11.4. The zero-order chi connectivity index (χ0) is 15.1. The molecular formula is C16H14ClFN2S. The normalized spacial score (nSPS) is 11.2. The molecule has 0 unspecified atom stereocenters. The Morgan fingerprint density at radius 3 is 2.52 bits per heavy atom. The van der Waals surface area contributed by atoms with Gasteiger partial charge < -0.3 is 9.55 Å². The standard InChI is InChI=1S/C16H14ClFN2S/c1-9-5-11(6-10(2)15(9)18)8-20-14-7-12(17)3-4-13(14)19-16(20)21/h3-7H,8H2,1-2H3,(H,19,21). The fourth-order valence-corrected chi connectivity index (χ4v) is 3.03. The zero-order valence-corrected chi connectivity index (χ0v) is 13.3. The fraction of sp³-hybridized carbons (Fsp3) is 0.188. The molecule has 0 aliphatic carbocycles. The van der Waals surface area contributed by atoms with Crippen LogP contribution in [-0.2, 0) is 6.54 Å². The van der Waals surface area contributed by atoms with E-state index in [0.29, 0.717) is 27.5 Å². The first-order valence-electron chi connectivity index (χ1n) is 6.59. The fourth-order valence-electron chi connectivity index (χ4n) is 2.59. The highest BCUT2D eigenvalue weighted by atomic mass is 35.5. The van der Waals surface area contributed by atoms with Gasteiger partial charge in [0.05, 0.1) is 17.6 Å². The second-order valence-electron chi connectivity index (χ2n) is 5.22. The summed E-state index contributed by atoms with van der Waals surface area (Å²) in [5.74, 6) is -0.149. The highest BCUT2D eigenvalue weighted by molar-refractivity contribution is 7.71.